The number of hydrogen-bond donors (Lipinski definition) is 0. The largest absolute Gasteiger partial charge is 0.493 e. The van der Waals surface area contributed by atoms with E-state index in [1.807, 2.05) is 52.1 Å². The van der Waals surface area contributed by atoms with E-state index in [0.29, 0.717) is 41.7 Å². The first-order chi connectivity index (χ1) is 14.6. The van der Waals surface area contributed by atoms with Crippen molar-refractivity contribution in [3.8, 4) is 28.7 Å². The smallest absolute Gasteiger partial charge is 0.256 e. The van der Waals surface area contributed by atoms with Crippen LogP contribution in [0.5, 0.6) is 23.0 Å². The highest BCUT2D eigenvalue weighted by atomic mass is 16.5. The molecule has 2 aromatic carbocycles. The average molecular weight is 408 g/mol. The molecule has 0 aliphatic carbocycles. The number of carbonyl (C=O) groups is 1. The molecule has 2 heterocycles. The van der Waals surface area contributed by atoms with Crippen molar-refractivity contribution in [3.05, 3.63) is 65.5 Å². The van der Waals surface area contributed by atoms with Gasteiger partial charge in [-0.25, -0.2) is 0 Å². The summed E-state index contributed by atoms with van der Waals surface area (Å²) < 4.78 is 23.6. The molecule has 0 unspecified atom stereocenters. The van der Waals surface area contributed by atoms with Crippen molar-refractivity contribution in [1.82, 2.24) is 9.47 Å². The summed E-state index contributed by atoms with van der Waals surface area (Å²) in [5.74, 6) is 2.31. The summed E-state index contributed by atoms with van der Waals surface area (Å²) in [5.41, 5.74) is 3.29. The number of ether oxygens (including phenoxy) is 4. The van der Waals surface area contributed by atoms with Crippen LogP contribution in [0, 0.1) is 0 Å². The van der Waals surface area contributed by atoms with E-state index in [9.17, 15) is 4.79 Å². The molecule has 1 aliphatic heterocycles. The van der Waals surface area contributed by atoms with Gasteiger partial charge < -0.3 is 28.4 Å². The lowest BCUT2D eigenvalue weighted by molar-refractivity contribution is 0.0732. The summed E-state index contributed by atoms with van der Waals surface area (Å²) in [6.07, 6.45) is 1.95. The van der Waals surface area contributed by atoms with Crippen molar-refractivity contribution in [2.45, 2.75) is 13.1 Å². The molecule has 0 atom stereocenters. The molecule has 1 aromatic heterocycles. The molecule has 7 heteroatoms. The van der Waals surface area contributed by atoms with Crippen LogP contribution in [0.15, 0.2) is 48.7 Å². The maximum atomic E-state index is 13.5. The maximum absolute atomic E-state index is 13.5. The molecule has 7 nitrogen and oxygen atoms in total. The predicted molar refractivity (Wildman–Crippen MR) is 112 cm³/mol. The van der Waals surface area contributed by atoms with E-state index in [1.54, 1.807) is 34.5 Å². The first-order valence-corrected chi connectivity index (χ1v) is 9.52. The van der Waals surface area contributed by atoms with Crippen LogP contribution in [-0.2, 0) is 13.1 Å². The van der Waals surface area contributed by atoms with Crippen LogP contribution in [0.1, 0.15) is 21.6 Å². The SMILES string of the molecule is COc1ccc(CN2Cc3cccn3-c3cc(OC)c(OC)cc3C2=O)cc1OC. The van der Waals surface area contributed by atoms with Crippen LogP contribution >= 0.6 is 0 Å². The van der Waals surface area contributed by atoms with Gasteiger partial charge in [-0.1, -0.05) is 6.07 Å². The maximum Gasteiger partial charge on any atom is 0.256 e. The molecule has 0 fully saturated rings. The third kappa shape index (κ3) is 3.32. The number of nitrogens with zero attached hydrogens (tertiary/aromatic N) is 2. The molecule has 156 valence electrons. The summed E-state index contributed by atoms with van der Waals surface area (Å²) in [6, 6.07) is 13.3. The second-order valence-corrected chi connectivity index (χ2v) is 6.94. The fourth-order valence-corrected chi connectivity index (χ4v) is 3.78. The van der Waals surface area contributed by atoms with Gasteiger partial charge in [0.15, 0.2) is 23.0 Å². The van der Waals surface area contributed by atoms with E-state index in [2.05, 4.69) is 0 Å². The van der Waals surface area contributed by atoms with Crippen LogP contribution in [0.25, 0.3) is 5.69 Å². The van der Waals surface area contributed by atoms with Crippen LogP contribution in [-0.4, -0.2) is 43.8 Å². The molecule has 4 rings (SSSR count). The van der Waals surface area contributed by atoms with Gasteiger partial charge in [0, 0.05) is 24.5 Å². The molecule has 3 aromatic rings. The van der Waals surface area contributed by atoms with Gasteiger partial charge in [-0.3, -0.25) is 4.79 Å². The van der Waals surface area contributed by atoms with Gasteiger partial charge in [0.05, 0.1) is 46.2 Å². The molecule has 30 heavy (non-hydrogen) atoms. The van der Waals surface area contributed by atoms with Gasteiger partial charge >= 0.3 is 0 Å². The Kier molecular flexibility index (Phi) is 5.27. The summed E-state index contributed by atoms with van der Waals surface area (Å²) in [6.45, 7) is 0.900. The molecular weight excluding hydrogens is 384 g/mol. The molecule has 1 aliphatic rings. The van der Waals surface area contributed by atoms with Gasteiger partial charge in [-0.05, 0) is 35.9 Å². The zero-order valence-electron chi connectivity index (χ0n) is 17.5. The highest BCUT2D eigenvalue weighted by Gasteiger charge is 2.28. The Morgan fingerprint density at radius 1 is 0.833 bits per heavy atom. The van der Waals surface area contributed by atoms with E-state index >= 15 is 0 Å². The number of aromatic nitrogens is 1. The Labute approximate surface area is 175 Å². The Morgan fingerprint density at radius 3 is 2.20 bits per heavy atom. The molecule has 0 saturated carbocycles. The van der Waals surface area contributed by atoms with Gasteiger partial charge in [-0.15, -0.1) is 0 Å². The second-order valence-electron chi connectivity index (χ2n) is 6.94. The molecular formula is C23H24N2O5. The number of amides is 1. The minimum atomic E-state index is -0.0792. The lowest BCUT2D eigenvalue weighted by Crippen LogP contribution is -2.29. The molecule has 0 saturated heterocycles. The third-order valence-corrected chi connectivity index (χ3v) is 5.29. The van der Waals surface area contributed by atoms with Crippen molar-refractivity contribution in [2.24, 2.45) is 0 Å². The third-order valence-electron chi connectivity index (χ3n) is 5.29. The lowest BCUT2D eigenvalue weighted by atomic mass is 10.1. The van der Waals surface area contributed by atoms with Crippen molar-refractivity contribution < 1.29 is 23.7 Å². The van der Waals surface area contributed by atoms with E-state index in [1.165, 1.54) is 0 Å². The van der Waals surface area contributed by atoms with Crippen molar-refractivity contribution in [3.63, 3.8) is 0 Å². The van der Waals surface area contributed by atoms with Crippen LogP contribution in [0.4, 0.5) is 0 Å². The quantitative estimate of drug-likeness (QED) is 0.623. The van der Waals surface area contributed by atoms with E-state index in [4.69, 9.17) is 18.9 Å². The zero-order valence-corrected chi connectivity index (χ0v) is 17.5. The normalized spacial score (nSPS) is 12.7. The summed E-state index contributed by atoms with van der Waals surface area (Å²) in [4.78, 5) is 15.3. The molecule has 1 amide bonds. The molecule has 0 spiro atoms. The summed E-state index contributed by atoms with van der Waals surface area (Å²) in [7, 11) is 6.35. The zero-order chi connectivity index (χ0) is 21.3. The molecule has 0 radical (unpaired) electrons. The topological polar surface area (TPSA) is 62.2 Å². The highest BCUT2D eigenvalue weighted by Crippen LogP contribution is 2.36. The van der Waals surface area contributed by atoms with E-state index in [-0.39, 0.29) is 5.91 Å². The summed E-state index contributed by atoms with van der Waals surface area (Å²) in [5, 5.41) is 0. The Hall–Kier alpha value is -3.61. The van der Waals surface area contributed by atoms with Gasteiger partial charge in [-0.2, -0.15) is 0 Å². The van der Waals surface area contributed by atoms with Crippen LogP contribution in [0.3, 0.4) is 0 Å². The van der Waals surface area contributed by atoms with Gasteiger partial charge in [0.25, 0.3) is 5.91 Å². The summed E-state index contributed by atoms with van der Waals surface area (Å²) >= 11 is 0. The first kappa shape index (κ1) is 19.7. The first-order valence-electron chi connectivity index (χ1n) is 9.52. The van der Waals surface area contributed by atoms with E-state index in [0.717, 1.165) is 16.9 Å². The van der Waals surface area contributed by atoms with Crippen LogP contribution < -0.4 is 18.9 Å². The van der Waals surface area contributed by atoms with Crippen molar-refractivity contribution in [1.29, 1.82) is 0 Å². The van der Waals surface area contributed by atoms with Crippen LogP contribution in [0.2, 0.25) is 0 Å². The minimum Gasteiger partial charge on any atom is -0.493 e. The number of benzene rings is 2. The fourth-order valence-electron chi connectivity index (χ4n) is 3.78. The minimum absolute atomic E-state index is 0.0792. The molecule has 0 bridgehead atoms. The molecule has 0 N–H and O–H groups in total. The number of carbonyl (C=O) groups excluding carboxylic acids is 1. The lowest BCUT2D eigenvalue weighted by Gasteiger charge is -2.22. The monoisotopic (exact) mass is 408 g/mol. The van der Waals surface area contributed by atoms with E-state index < -0.39 is 0 Å². The average Bonchev–Trinajstić information content (AvgIpc) is 3.21. The number of hydrogen-bond acceptors (Lipinski definition) is 5. The number of fused-ring (bicyclic) bond motifs is 3. The standard InChI is InChI=1S/C23H24N2O5/c1-27-19-8-7-15(10-20(19)28-2)13-24-14-16-6-5-9-25(16)18-12-22(30-4)21(29-3)11-17(18)23(24)26/h5-12H,13-14H2,1-4H3. The van der Waals surface area contributed by atoms with Gasteiger partial charge in [0.1, 0.15) is 0 Å². The van der Waals surface area contributed by atoms with Gasteiger partial charge in [0.2, 0.25) is 0 Å². The Balaban J connectivity index is 1.77. The number of rotatable bonds is 6. The Bertz CT molecular complexity index is 1090. The number of methoxy groups -OCH3 is 4. The fraction of sp³-hybridized carbons (Fsp3) is 0.261. The Morgan fingerprint density at radius 2 is 1.50 bits per heavy atom. The second kappa shape index (κ2) is 8.02. The van der Waals surface area contributed by atoms with Crippen molar-refractivity contribution in [2.75, 3.05) is 28.4 Å². The highest BCUT2D eigenvalue weighted by molar-refractivity contribution is 5.99. The predicted octanol–water partition coefficient (Wildman–Crippen LogP) is 3.67. The van der Waals surface area contributed by atoms with Crippen molar-refractivity contribution >= 4 is 5.91 Å².